The molecule has 2 aliphatic heterocycles. The van der Waals surface area contributed by atoms with Gasteiger partial charge in [0.25, 0.3) is 5.91 Å². The van der Waals surface area contributed by atoms with E-state index in [1.165, 1.54) is 18.2 Å². The van der Waals surface area contributed by atoms with Gasteiger partial charge in [-0.2, -0.15) is 0 Å². The highest BCUT2D eigenvalue weighted by atomic mass is 35.5. The Kier molecular flexibility index (Phi) is 5.30. The number of ether oxygens (including phenoxy) is 1. The number of benzene rings is 1. The number of halogens is 3. The molecule has 2 aliphatic rings. The van der Waals surface area contributed by atoms with Crippen molar-refractivity contribution in [1.82, 2.24) is 10.2 Å². The number of carbonyl (C=O) groups excluding carboxylic acids is 1. The minimum absolute atomic E-state index is 0. The van der Waals surface area contributed by atoms with Gasteiger partial charge in [-0.3, -0.25) is 4.79 Å². The van der Waals surface area contributed by atoms with Crippen LogP contribution in [0.2, 0.25) is 5.02 Å². The molecule has 2 atom stereocenters. The number of nitrogens with one attached hydrogen (secondary N) is 1. The molecule has 0 unspecified atom stereocenters. The molecule has 0 aromatic heterocycles. The van der Waals surface area contributed by atoms with Crippen LogP contribution in [-0.2, 0) is 4.79 Å². The predicted molar refractivity (Wildman–Crippen MR) is 80.6 cm³/mol. The minimum Gasteiger partial charge on any atom is -0.484 e. The second-order valence-corrected chi connectivity index (χ2v) is 5.75. The van der Waals surface area contributed by atoms with Gasteiger partial charge in [-0.25, -0.2) is 4.39 Å². The fourth-order valence-electron chi connectivity index (χ4n) is 2.86. The summed E-state index contributed by atoms with van der Waals surface area (Å²) in [7, 11) is 0. The molecule has 1 N–H and O–H groups in total. The molecule has 1 aromatic carbocycles. The normalized spacial score (nSPS) is 23.6. The third kappa shape index (κ3) is 3.59. The van der Waals surface area contributed by atoms with Gasteiger partial charge in [-0.1, -0.05) is 11.6 Å². The van der Waals surface area contributed by atoms with E-state index in [1.807, 2.05) is 4.90 Å². The van der Waals surface area contributed by atoms with Crippen molar-refractivity contribution in [2.24, 2.45) is 11.8 Å². The molecular formula is C14H17Cl2FN2O2. The molecule has 0 spiro atoms. The molecule has 1 amide bonds. The van der Waals surface area contributed by atoms with Gasteiger partial charge in [0.15, 0.2) is 6.61 Å². The topological polar surface area (TPSA) is 41.6 Å². The third-order valence-electron chi connectivity index (χ3n) is 4.00. The van der Waals surface area contributed by atoms with Crippen LogP contribution in [0.25, 0.3) is 0 Å². The van der Waals surface area contributed by atoms with Crippen LogP contribution >= 0.6 is 24.0 Å². The van der Waals surface area contributed by atoms with Gasteiger partial charge >= 0.3 is 0 Å². The van der Waals surface area contributed by atoms with Gasteiger partial charge in [0.1, 0.15) is 11.6 Å². The summed E-state index contributed by atoms with van der Waals surface area (Å²) in [6.07, 6.45) is 0. The number of rotatable bonds is 3. The fraction of sp³-hybridized carbons (Fsp3) is 0.500. The second kappa shape index (κ2) is 6.81. The van der Waals surface area contributed by atoms with E-state index in [2.05, 4.69) is 5.32 Å². The number of likely N-dealkylation sites (tertiary alicyclic amines) is 1. The van der Waals surface area contributed by atoms with Crippen LogP contribution in [0.5, 0.6) is 5.75 Å². The number of hydrogen-bond acceptors (Lipinski definition) is 3. The molecule has 0 aliphatic carbocycles. The lowest BCUT2D eigenvalue weighted by Gasteiger charge is -2.17. The highest BCUT2D eigenvalue weighted by Crippen LogP contribution is 2.26. The number of amides is 1. The van der Waals surface area contributed by atoms with E-state index in [0.717, 1.165) is 26.2 Å². The Balaban J connectivity index is 0.00000161. The average molecular weight is 335 g/mol. The third-order valence-corrected chi connectivity index (χ3v) is 4.29. The number of hydrogen-bond donors (Lipinski definition) is 1. The molecule has 116 valence electrons. The Hall–Kier alpha value is -1.04. The van der Waals surface area contributed by atoms with E-state index in [1.54, 1.807) is 0 Å². The summed E-state index contributed by atoms with van der Waals surface area (Å²) in [6.45, 7) is 3.54. The van der Waals surface area contributed by atoms with Gasteiger partial charge in [-0.15, -0.1) is 12.4 Å². The van der Waals surface area contributed by atoms with Crippen molar-refractivity contribution in [3.05, 3.63) is 29.0 Å². The lowest BCUT2D eigenvalue weighted by atomic mass is 10.0. The summed E-state index contributed by atoms with van der Waals surface area (Å²) in [5.74, 6) is 1.02. The quantitative estimate of drug-likeness (QED) is 0.918. The lowest BCUT2D eigenvalue weighted by Crippen LogP contribution is -2.35. The first-order valence-corrected chi connectivity index (χ1v) is 7.07. The van der Waals surface area contributed by atoms with Gasteiger partial charge < -0.3 is 15.0 Å². The Morgan fingerprint density at radius 3 is 2.67 bits per heavy atom. The van der Waals surface area contributed by atoms with Crippen molar-refractivity contribution in [1.29, 1.82) is 0 Å². The first kappa shape index (κ1) is 16.3. The molecule has 0 bridgehead atoms. The van der Waals surface area contributed by atoms with Gasteiger partial charge in [0.2, 0.25) is 0 Å². The molecule has 7 heteroatoms. The SMILES string of the molecule is Cl.O=C(COc1ccc(F)c(Cl)c1)N1C[C@H]2CNC[C@H]2C1. The average Bonchev–Trinajstić information content (AvgIpc) is 3.00. The molecule has 2 heterocycles. The first-order valence-electron chi connectivity index (χ1n) is 6.70. The molecule has 2 saturated heterocycles. The van der Waals surface area contributed by atoms with Crippen molar-refractivity contribution in [3.8, 4) is 5.75 Å². The Morgan fingerprint density at radius 2 is 2.05 bits per heavy atom. The molecule has 2 fully saturated rings. The monoisotopic (exact) mass is 334 g/mol. The number of nitrogens with zero attached hydrogens (tertiary/aromatic N) is 1. The van der Waals surface area contributed by atoms with Crippen LogP contribution in [-0.4, -0.2) is 43.6 Å². The minimum atomic E-state index is -0.495. The number of carbonyl (C=O) groups is 1. The van der Waals surface area contributed by atoms with E-state index >= 15 is 0 Å². The van der Waals surface area contributed by atoms with E-state index in [0.29, 0.717) is 17.6 Å². The maximum atomic E-state index is 13.0. The lowest BCUT2D eigenvalue weighted by molar-refractivity contribution is -0.132. The van der Waals surface area contributed by atoms with E-state index < -0.39 is 5.82 Å². The zero-order valence-electron chi connectivity index (χ0n) is 11.4. The molecule has 1 aromatic rings. The summed E-state index contributed by atoms with van der Waals surface area (Å²) in [5, 5.41) is 3.33. The van der Waals surface area contributed by atoms with Gasteiger partial charge in [-0.05, 0) is 24.0 Å². The predicted octanol–water partition coefficient (Wildman–Crippen LogP) is 1.96. The summed E-state index contributed by atoms with van der Waals surface area (Å²) >= 11 is 5.66. The van der Waals surface area contributed by atoms with Gasteiger partial charge in [0, 0.05) is 32.2 Å². The Labute approximate surface area is 134 Å². The second-order valence-electron chi connectivity index (χ2n) is 5.34. The highest BCUT2D eigenvalue weighted by molar-refractivity contribution is 6.30. The zero-order valence-corrected chi connectivity index (χ0v) is 12.9. The van der Waals surface area contributed by atoms with Crippen LogP contribution in [0.4, 0.5) is 4.39 Å². The Bertz CT molecular complexity index is 518. The Morgan fingerprint density at radius 1 is 1.38 bits per heavy atom. The van der Waals surface area contributed by atoms with Crippen molar-refractivity contribution in [2.75, 3.05) is 32.8 Å². The highest BCUT2D eigenvalue weighted by Gasteiger charge is 2.37. The molecule has 3 rings (SSSR count). The van der Waals surface area contributed by atoms with Crippen molar-refractivity contribution in [3.63, 3.8) is 0 Å². The van der Waals surface area contributed by atoms with Crippen LogP contribution in [0.15, 0.2) is 18.2 Å². The van der Waals surface area contributed by atoms with Crippen molar-refractivity contribution in [2.45, 2.75) is 0 Å². The maximum absolute atomic E-state index is 13.0. The number of fused-ring (bicyclic) bond motifs is 1. The maximum Gasteiger partial charge on any atom is 0.260 e. The molecule has 21 heavy (non-hydrogen) atoms. The van der Waals surface area contributed by atoms with Crippen molar-refractivity contribution >= 4 is 29.9 Å². The summed E-state index contributed by atoms with van der Waals surface area (Å²) in [6, 6.07) is 4.08. The fourth-order valence-corrected chi connectivity index (χ4v) is 3.03. The van der Waals surface area contributed by atoms with E-state index in [9.17, 15) is 9.18 Å². The molecule has 4 nitrogen and oxygen atoms in total. The van der Waals surface area contributed by atoms with Gasteiger partial charge in [0.05, 0.1) is 5.02 Å². The van der Waals surface area contributed by atoms with Crippen molar-refractivity contribution < 1.29 is 13.9 Å². The largest absolute Gasteiger partial charge is 0.484 e. The van der Waals surface area contributed by atoms with E-state index in [-0.39, 0.29) is 29.9 Å². The molecular weight excluding hydrogens is 318 g/mol. The zero-order chi connectivity index (χ0) is 14.1. The molecule has 0 radical (unpaired) electrons. The molecule has 0 saturated carbocycles. The van der Waals surface area contributed by atoms with Crippen LogP contribution in [0.3, 0.4) is 0 Å². The summed E-state index contributed by atoms with van der Waals surface area (Å²) < 4.78 is 18.4. The standard InChI is InChI=1S/C14H16ClFN2O2.ClH/c15-12-3-11(1-2-13(12)16)20-8-14(19)18-6-9-4-17-5-10(9)7-18;/h1-3,9-10,17H,4-8H2;1H/t9-,10+;. The van der Waals surface area contributed by atoms with Crippen LogP contribution in [0, 0.1) is 17.7 Å². The first-order chi connectivity index (χ1) is 9.63. The van der Waals surface area contributed by atoms with Crippen LogP contribution < -0.4 is 10.1 Å². The summed E-state index contributed by atoms with van der Waals surface area (Å²) in [5.41, 5.74) is 0. The smallest absolute Gasteiger partial charge is 0.260 e. The van der Waals surface area contributed by atoms with E-state index in [4.69, 9.17) is 16.3 Å². The summed E-state index contributed by atoms with van der Waals surface area (Å²) in [4.78, 5) is 13.9. The van der Waals surface area contributed by atoms with Crippen LogP contribution in [0.1, 0.15) is 0 Å².